The van der Waals surface area contributed by atoms with Gasteiger partial charge in [0.25, 0.3) is 0 Å². The third-order valence-electron chi connectivity index (χ3n) is 3.73. The molecule has 1 atom stereocenters. The van der Waals surface area contributed by atoms with Gasteiger partial charge in [-0.25, -0.2) is 0 Å². The molecule has 1 aliphatic rings. The molecule has 1 heteroatoms. The Morgan fingerprint density at radius 1 is 1.05 bits per heavy atom. The van der Waals surface area contributed by atoms with Gasteiger partial charge in [-0.3, -0.25) is 0 Å². The van der Waals surface area contributed by atoms with E-state index in [0.717, 1.165) is 11.7 Å². The molecule has 2 aromatic rings. The van der Waals surface area contributed by atoms with E-state index in [4.69, 9.17) is 4.74 Å². The SMILES string of the molecule is [CH2]C(c1cccc(OCc2ccccc2)c1)C1CC1. The zero-order valence-corrected chi connectivity index (χ0v) is 11.1. The Hall–Kier alpha value is -1.76. The molecule has 0 aromatic heterocycles. The van der Waals surface area contributed by atoms with Crippen molar-refractivity contribution in [3.05, 3.63) is 72.6 Å². The predicted molar refractivity (Wildman–Crippen MR) is 78.0 cm³/mol. The van der Waals surface area contributed by atoms with Gasteiger partial charge < -0.3 is 4.74 Å². The van der Waals surface area contributed by atoms with E-state index in [1.807, 2.05) is 24.3 Å². The molecule has 2 aromatic carbocycles. The van der Waals surface area contributed by atoms with Crippen LogP contribution in [-0.4, -0.2) is 0 Å². The van der Waals surface area contributed by atoms with Crippen LogP contribution in [0.4, 0.5) is 0 Å². The molecule has 0 aliphatic heterocycles. The number of benzene rings is 2. The Kier molecular flexibility index (Phi) is 3.54. The molecule has 3 rings (SSSR count). The van der Waals surface area contributed by atoms with E-state index in [1.54, 1.807) is 0 Å². The van der Waals surface area contributed by atoms with E-state index in [9.17, 15) is 0 Å². The lowest BCUT2D eigenvalue weighted by molar-refractivity contribution is 0.306. The first kappa shape index (κ1) is 12.3. The third kappa shape index (κ3) is 3.17. The second kappa shape index (κ2) is 5.48. The maximum atomic E-state index is 5.86. The van der Waals surface area contributed by atoms with E-state index in [2.05, 4.69) is 37.3 Å². The summed E-state index contributed by atoms with van der Waals surface area (Å²) in [6, 6.07) is 18.6. The van der Waals surface area contributed by atoms with Crippen LogP contribution in [0.15, 0.2) is 54.6 Å². The number of ether oxygens (including phenoxy) is 1. The van der Waals surface area contributed by atoms with Crippen molar-refractivity contribution in [1.82, 2.24) is 0 Å². The van der Waals surface area contributed by atoms with Crippen molar-refractivity contribution in [2.75, 3.05) is 0 Å². The molecule has 97 valence electrons. The maximum absolute atomic E-state index is 5.86. The predicted octanol–water partition coefficient (Wildman–Crippen LogP) is 4.59. The molecule has 1 saturated carbocycles. The summed E-state index contributed by atoms with van der Waals surface area (Å²) in [4.78, 5) is 0. The standard InChI is InChI=1S/C18H19O/c1-14(16-10-11-16)17-8-5-9-18(12-17)19-13-15-6-3-2-4-7-15/h2-9,12,14,16H,1,10-11,13H2. The van der Waals surface area contributed by atoms with Crippen LogP contribution in [-0.2, 0) is 6.61 Å². The van der Waals surface area contributed by atoms with Crippen molar-refractivity contribution in [2.45, 2.75) is 25.4 Å². The van der Waals surface area contributed by atoms with Gasteiger partial charge in [0.05, 0.1) is 0 Å². The molecule has 1 unspecified atom stereocenters. The van der Waals surface area contributed by atoms with E-state index < -0.39 is 0 Å². The summed E-state index contributed by atoms with van der Waals surface area (Å²) >= 11 is 0. The van der Waals surface area contributed by atoms with Gasteiger partial charge in [-0.05, 0) is 54.9 Å². The van der Waals surface area contributed by atoms with Gasteiger partial charge in [-0.15, -0.1) is 0 Å². The van der Waals surface area contributed by atoms with Crippen molar-refractivity contribution in [3.63, 3.8) is 0 Å². The van der Waals surface area contributed by atoms with Crippen molar-refractivity contribution >= 4 is 0 Å². The maximum Gasteiger partial charge on any atom is 0.120 e. The van der Waals surface area contributed by atoms with Crippen LogP contribution in [0.1, 0.15) is 29.9 Å². The van der Waals surface area contributed by atoms with E-state index >= 15 is 0 Å². The minimum Gasteiger partial charge on any atom is -0.489 e. The molecule has 19 heavy (non-hydrogen) atoms. The summed E-state index contributed by atoms with van der Waals surface area (Å²) in [7, 11) is 0. The average molecular weight is 251 g/mol. The van der Waals surface area contributed by atoms with Crippen molar-refractivity contribution < 1.29 is 4.74 Å². The summed E-state index contributed by atoms with van der Waals surface area (Å²) in [6.45, 7) is 4.89. The zero-order valence-electron chi connectivity index (χ0n) is 11.1. The first-order chi connectivity index (χ1) is 9.33. The Morgan fingerprint density at radius 2 is 1.84 bits per heavy atom. The second-order valence-corrected chi connectivity index (χ2v) is 5.29. The zero-order chi connectivity index (χ0) is 13.1. The highest BCUT2D eigenvalue weighted by atomic mass is 16.5. The van der Waals surface area contributed by atoms with Crippen molar-refractivity contribution in [2.24, 2.45) is 5.92 Å². The molecule has 0 amide bonds. The number of hydrogen-bond acceptors (Lipinski definition) is 1. The van der Waals surface area contributed by atoms with Gasteiger partial charge in [0.15, 0.2) is 0 Å². The first-order valence-electron chi connectivity index (χ1n) is 6.93. The molecule has 1 aliphatic carbocycles. The van der Waals surface area contributed by atoms with Gasteiger partial charge in [-0.2, -0.15) is 0 Å². The molecule has 0 spiro atoms. The first-order valence-corrected chi connectivity index (χ1v) is 6.93. The normalized spacial score (nSPS) is 16.1. The Balaban J connectivity index is 1.66. The molecule has 0 heterocycles. The van der Waals surface area contributed by atoms with Gasteiger partial charge >= 0.3 is 0 Å². The van der Waals surface area contributed by atoms with Crippen LogP contribution in [0, 0.1) is 12.8 Å². The third-order valence-corrected chi connectivity index (χ3v) is 3.73. The number of rotatable bonds is 5. The van der Waals surface area contributed by atoms with Crippen molar-refractivity contribution in [3.8, 4) is 5.75 Å². The van der Waals surface area contributed by atoms with Crippen LogP contribution in [0.2, 0.25) is 0 Å². The van der Waals surface area contributed by atoms with Crippen LogP contribution in [0.5, 0.6) is 5.75 Å². The van der Waals surface area contributed by atoms with E-state index in [1.165, 1.54) is 24.0 Å². The van der Waals surface area contributed by atoms with E-state index in [0.29, 0.717) is 12.5 Å². The second-order valence-electron chi connectivity index (χ2n) is 5.29. The van der Waals surface area contributed by atoms with Crippen LogP contribution >= 0.6 is 0 Å². The topological polar surface area (TPSA) is 9.23 Å². The highest BCUT2D eigenvalue weighted by Crippen LogP contribution is 2.42. The fourth-order valence-electron chi connectivity index (χ4n) is 2.35. The van der Waals surface area contributed by atoms with Gasteiger partial charge in [-0.1, -0.05) is 42.5 Å². The molecule has 1 fully saturated rings. The summed E-state index contributed by atoms with van der Waals surface area (Å²) < 4.78 is 5.86. The smallest absolute Gasteiger partial charge is 0.120 e. The fraction of sp³-hybridized carbons (Fsp3) is 0.278. The van der Waals surface area contributed by atoms with Gasteiger partial charge in [0.2, 0.25) is 0 Å². The molecule has 0 bridgehead atoms. The molecule has 1 radical (unpaired) electrons. The average Bonchev–Trinajstić information content (AvgIpc) is 3.30. The number of hydrogen-bond donors (Lipinski definition) is 0. The minimum atomic E-state index is 0.417. The Bertz CT molecular complexity index is 528. The monoisotopic (exact) mass is 251 g/mol. The molecule has 0 N–H and O–H groups in total. The minimum absolute atomic E-state index is 0.417. The summed E-state index contributed by atoms with van der Waals surface area (Å²) in [5.74, 6) is 2.14. The highest BCUT2D eigenvalue weighted by Gasteiger charge is 2.28. The Labute approximate surface area is 115 Å². The molecular weight excluding hydrogens is 232 g/mol. The lowest BCUT2D eigenvalue weighted by atomic mass is 9.96. The summed E-state index contributed by atoms with van der Waals surface area (Å²) in [5.41, 5.74) is 2.49. The quantitative estimate of drug-likeness (QED) is 0.755. The molecule has 1 nitrogen and oxygen atoms in total. The molecular formula is C18H19O. The van der Waals surface area contributed by atoms with Crippen LogP contribution < -0.4 is 4.74 Å². The molecule has 0 saturated heterocycles. The Morgan fingerprint density at radius 3 is 2.58 bits per heavy atom. The fourth-order valence-corrected chi connectivity index (χ4v) is 2.35. The largest absolute Gasteiger partial charge is 0.489 e. The van der Waals surface area contributed by atoms with Gasteiger partial charge in [0.1, 0.15) is 12.4 Å². The lowest BCUT2D eigenvalue weighted by Crippen LogP contribution is -1.99. The van der Waals surface area contributed by atoms with Crippen molar-refractivity contribution in [1.29, 1.82) is 0 Å². The van der Waals surface area contributed by atoms with E-state index in [-0.39, 0.29) is 0 Å². The highest BCUT2D eigenvalue weighted by molar-refractivity contribution is 5.32. The summed E-state index contributed by atoms with van der Waals surface area (Å²) in [6.07, 6.45) is 2.65. The lowest BCUT2D eigenvalue weighted by Gasteiger charge is -2.12. The van der Waals surface area contributed by atoms with Crippen LogP contribution in [0.25, 0.3) is 0 Å². The van der Waals surface area contributed by atoms with Gasteiger partial charge in [0, 0.05) is 0 Å². The van der Waals surface area contributed by atoms with Crippen LogP contribution in [0.3, 0.4) is 0 Å². The summed E-state index contributed by atoms with van der Waals surface area (Å²) in [5, 5.41) is 0.